The van der Waals surface area contributed by atoms with Crippen LogP contribution in [-0.2, 0) is 11.3 Å². The van der Waals surface area contributed by atoms with Crippen molar-refractivity contribution in [1.29, 1.82) is 0 Å². The molecule has 0 spiro atoms. The number of carbonyl (C=O) groups excluding carboxylic acids is 1. The molecule has 1 aromatic carbocycles. The van der Waals surface area contributed by atoms with Crippen LogP contribution in [0.3, 0.4) is 0 Å². The molecule has 0 radical (unpaired) electrons. The first-order chi connectivity index (χ1) is 10.5. The van der Waals surface area contributed by atoms with Gasteiger partial charge in [-0.1, -0.05) is 29.8 Å². The maximum atomic E-state index is 12.0. The molecule has 5 heteroatoms. The SMILES string of the molecule is CCn1ncc(C(C)NC(=O)/C=C/c2ccccc2Cl)c1C. The zero-order valence-corrected chi connectivity index (χ0v) is 13.8. The third-order valence-electron chi connectivity index (χ3n) is 3.59. The highest BCUT2D eigenvalue weighted by Crippen LogP contribution is 2.18. The van der Waals surface area contributed by atoms with E-state index in [0.717, 1.165) is 23.4 Å². The third kappa shape index (κ3) is 3.77. The molecule has 22 heavy (non-hydrogen) atoms. The maximum Gasteiger partial charge on any atom is 0.244 e. The molecule has 2 aromatic rings. The Hall–Kier alpha value is -2.07. The second-order valence-corrected chi connectivity index (χ2v) is 5.49. The third-order valence-corrected chi connectivity index (χ3v) is 3.93. The lowest BCUT2D eigenvalue weighted by Crippen LogP contribution is -2.25. The number of aryl methyl sites for hydroxylation is 1. The minimum atomic E-state index is -0.156. The van der Waals surface area contributed by atoms with Gasteiger partial charge in [0, 0.05) is 28.9 Å². The first-order valence-corrected chi connectivity index (χ1v) is 7.66. The van der Waals surface area contributed by atoms with E-state index >= 15 is 0 Å². The van der Waals surface area contributed by atoms with Crippen molar-refractivity contribution in [1.82, 2.24) is 15.1 Å². The van der Waals surface area contributed by atoms with E-state index in [9.17, 15) is 4.79 Å². The van der Waals surface area contributed by atoms with Crippen molar-refractivity contribution < 1.29 is 4.79 Å². The molecule has 2 rings (SSSR count). The smallest absolute Gasteiger partial charge is 0.244 e. The number of halogens is 1. The molecule has 1 unspecified atom stereocenters. The standard InChI is InChI=1S/C17H20ClN3O/c1-4-21-13(3)15(11-19-21)12(2)20-17(22)10-9-14-7-5-6-8-16(14)18/h5-12H,4H2,1-3H3,(H,20,22)/b10-9+. The lowest BCUT2D eigenvalue weighted by molar-refractivity contribution is -0.117. The molecule has 0 saturated carbocycles. The van der Waals surface area contributed by atoms with Crippen LogP contribution in [0.25, 0.3) is 6.08 Å². The Morgan fingerprint density at radius 2 is 2.18 bits per heavy atom. The molecule has 1 N–H and O–H groups in total. The molecule has 1 aromatic heterocycles. The molecule has 0 aliphatic carbocycles. The first-order valence-electron chi connectivity index (χ1n) is 7.28. The molecule has 0 fully saturated rings. The second kappa shape index (κ2) is 7.27. The Morgan fingerprint density at radius 3 is 2.82 bits per heavy atom. The number of rotatable bonds is 5. The summed E-state index contributed by atoms with van der Waals surface area (Å²) in [6, 6.07) is 7.31. The highest BCUT2D eigenvalue weighted by Gasteiger charge is 2.13. The van der Waals surface area contributed by atoms with Crippen molar-refractivity contribution in [2.75, 3.05) is 0 Å². The summed E-state index contributed by atoms with van der Waals surface area (Å²) in [4.78, 5) is 12.0. The summed E-state index contributed by atoms with van der Waals surface area (Å²) in [5.74, 6) is -0.156. The molecule has 4 nitrogen and oxygen atoms in total. The summed E-state index contributed by atoms with van der Waals surface area (Å²) >= 11 is 6.05. The van der Waals surface area contributed by atoms with E-state index in [0.29, 0.717) is 5.02 Å². The largest absolute Gasteiger partial charge is 0.346 e. The van der Waals surface area contributed by atoms with Crippen molar-refractivity contribution >= 4 is 23.6 Å². The van der Waals surface area contributed by atoms with E-state index in [1.165, 1.54) is 6.08 Å². The quantitative estimate of drug-likeness (QED) is 0.854. The van der Waals surface area contributed by atoms with Crippen molar-refractivity contribution in [2.24, 2.45) is 0 Å². The summed E-state index contributed by atoms with van der Waals surface area (Å²) < 4.78 is 1.91. The fraction of sp³-hybridized carbons (Fsp3) is 0.294. The van der Waals surface area contributed by atoms with Gasteiger partial charge in [0.05, 0.1) is 12.2 Å². The van der Waals surface area contributed by atoms with E-state index < -0.39 is 0 Å². The van der Waals surface area contributed by atoms with E-state index in [1.54, 1.807) is 12.1 Å². The number of nitrogens with one attached hydrogen (secondary N) is 1. The van der Waals surface area contributed by atoms with Crippen LogP contribution in [0.15, 0.2) is 36.5 Å². The van der Waals surface area contributed by atoms with E-state index in [-0.39, 0.29) is 11.9 Å². The highest BCUT2D eigenvalue weighted by molar-refractivity contribution is 6.32. The van der Waals surface area contributed by atoms with Crippen LogP contribution in [0, 0.1) is 6.92 Å². The zero-order valence-electron chi connectivity index (χ0n) is 13.0. The van der Waals surface area contributed by atoms with Gasteiger partial charge in [0.1, 0.15) is 0 Å². The van der Waals surface area contributed by atoms with Gasteiger partial charge in [-0.3, -0.25) is 9.48 Å². The number of hydrogen-bond acceptors (Lipinski definition) is 2. The lowest BCUT2D eigenvalue weighted by atomic mass is 10.1. The van der Waals surface area contributed by atoms with Crippen molar-refractivity contribution in [3.63, 3.8) is 0 Å². The fourth-order valence-corrected chi connectivity index (χ4v) is 2.52. The highest BCUT2D eigenvalue weighted by atomic mass is 35.5. The number of benzene rings is 1. The molecule has 1 heterocycles. The molecule has 1 atom stereocenters. The molecular weight excluding hydrogens is 298 g/mol. The van der Waals surface area contributed by atoms with Crippen LogP contribution >= 0.6 is 11.6 Å². The van der Waals surface area contributed by atoms with Crippen LogP contribution < -0.4 is 5.32 Å². The average Bonchev–Trinajstić information content (AvgIpc) is 2.87. The van der Waals surface area contributed by atoms with Crippen LogP contribution in [0.2, 0.25) is 5.02 Å². The molecular formula is C17H20ClN3O. The van der Waals surface area contributed by atoms with Gasteiger partial charge >= 0.3 is 0 Å². The molecule has 1 amide bonds. The van der Waals surface area contributed by atoms with Crippen molar-refractivity contribution in [2.45, 2.75) is 33.4 Å². The summed E-state index contributed by atoms with van der Waals surface area (Å²) in [5.41, 5.74) is 2.92. The number of amides is 1. The summed E-state index contributed by atoms with van der Waals surface area (Å²) in [5, 5.41) is 7.86. The minimum absolute atomic E-state index is 0.0938. The summed E-state index contributed by atoms with van der Waals surface area (Å²) in [6.07, 6.45) is 5.02. The Morgan fingerprint density at radius 1 is 1.45 bits per heavy atom. The van der Waals surface area contributed by atoms with Gasteiger partial charge < -0.3 is 5.32 Å². The Balaban J connectivity index is 2.02. The average molecular weight is 318 g/mol. The van der Waals surface area contributed by atoms with Gasteiger partial charge in [-0.15, -0.1) is 0 Å². The molecule has 116 valence electrons. The lowest BCUT2D eigenvalue weighted by Gasteiger charge is -2.12. The van der Waals surface area contributed by atoms with Crippen LogP contribution in [0.4, 0.5) is 0 Å². The van der Waals surface area contributed by atoms with Gasteiger partial charge in [0.15, 0.2) is 0 Å². The summed E-state index contributed by atoms with van der Waals surface area (Å²) in [7, 11) is 0. The van der Waals surface area contributed by atoms with Gasteiger partial charge in [0.25, 0.3) is 0 Å². The number of carbonyl (C=O) groups is 1. The molecule has 0 saturated heterocycles. The van der Waals surface area contributed by atoms with Crippen LogP contribution in [-0.4, -0.2) is 15.7 Å². The van der Waals surface area contributed by atoms with Crippen LogP contribution in [0.1, 0.15) is 36.7 Å². The van der Waals surface area contributed by atoms with Gasteiger partial charge in [-0.25, -0.2) is 0 Å². The predicted octanol–water partition coefficient (Wildman–Crippen LogP) is 3.76. The Kier molecular flexibility index (Phi) is 5.39. The monoisotopic (exact) mass is 317 g/mol. The first kappa shape index (κ1) is 16.3. The van der Waals surface area contributed by atoms with Gasteiger partial charge in [-0.2, -0.15) is 5.10 Å². The van der Waals surface area contributed by atoms with Crippen molar-refractivity contribution in [3.05, 3.63) is 58.4 Å². The van der Waals surface area contributed by atoms with Gasteiger partial charge in [-0.05, 0) is 38.5 Å². The van der Waals surface area contributed by atoms with Crippen LogP contribution in [0.5, 0.6) is 0 Å². The van der Waals surface area contributed by atoms with E-state index in [2.05, 4.69) is 10.4 Å². The Bertz CT molecular complexity index is 691. The minimum Gasteiger partial charge on any atom is -0.346 e. The fourth-order valence-electron chi connectivity index (χ4n) is 2.32. The number of aromatic nitrogens is 2. The number of nitrogens with zero attached hydrogens (tertiary/aromatic N) is 2. The molecule has 0 aliphatic rings. The normalized spacial score (nSPS) is 12.5. The maximum absolute atomic E-state index is 12.0. The van der Waals surface area contributed by atoms with Crippen molar-refractivity contribution in [3.8, 4) is 0 Å². The zero-order chi connectivity index (χ0) is 16.1. The van der Waals surface area contributed by atoms with E-state index in [4.69, 9.17) is 11.6 Å². The Labute approximate surface area is 135 Å². The number of hydrogen-bond donors (Lipinski definition) is 1. The topological polar surface area (TPSA) is 46.9 Å². The second-order valence-electron chi connectivity index (χ2n) is 5.09. The molecule has 0 bridgehead atoms. The molecule has 0 aliphatic heterocycles. The van der Waals surface area contributed by atoms with Gasteiger partial charge in [0.2, 0.25) is 5.91 Å². The van der Waals surface area contributed by atoms with E-state index in [1.807, 2.05) is 49.8 Å². The summed E-state index contributed by atoms with van der Waals surface area (Å²) in [6.45, 7) is 6.82. The predicted molar refractivity (Wildman–Crippen MR) is 89.7 cm³/mol.